The Morgan fingerprint density at radius 3 is 2.81 bits per heavy atom. The lowest BCUT2D eigenvalue weighted by molar-refractivity contribution is 0.0527. The number of rotatable bonds is 5. The van der Waals surface area contributed by atoms with Crippen molar-refractivity contribution in [1.29, 1.82) is 0 Å². The maximum Gasteiger partial charge on any atom is 0.340 e. The van der Waals surface area contributed by atoms with Gasteiger partial charge in [-0.1, -0.05) is 11.6 Å². The molecule has 0 radical (unpaired) electrons. The lowest BCUT2D eigenvalue weighted by atomic mass is 10.1. The quantitative estimate of drug-likeness (QED) is 0.634. The molecular weight excluding hydrogens is 308 g/mol. The topological polar surface area (TPSA) is 64.3 Å². The van der Waals surface area contributed by atoms with Crippen molar-refractivity contribution in [2.45, 2.75) is 19.9 Å². The summed E-state index contributed by atoms with van der Waals surface area (Å²) in [5.74, 6) is -0.385. The van der Waals surface area contributed by atoms with Gasteiger partial charge in [0.25, 0.3) is 0 Å². The molecule has 2 aromatic rings. The number of hydrogen-bond acceptors (Lipinski definition) is 5. The fourth-order valence-electron chi connectivity index (χ4n) is 1.93. The van der Waals surface area contributed by atoms with Crippen LogP contribution in [0.1, 0.15) is 35.1 Å². The van der Waals surface area contributed by atoms with Crippen LogP contribution >= 0.6 is 22.9 Å². The van der Waals surface area contributed by atoms with E-state index >= 15 is 0 Å². The third-order valence-electron chi connectivity index (χ3n) is 2.93. The summed E-state index contributed by atoms with van der Waals surface area (Å²) in [7, 11) is 0. The van der Waals surface area contributed by atoms with Gasteiger partial charge in [-0.05, 0) is 44.2 Å². The summed E-state index contributed by atoms with van der Waals surface area (Å²) in [6.45, 7) is 4.10. The van der Waals surface area contributed by atoms with Crippen LogP contribution in [0.15, 0.2) is 30.3 Å². The van der Waals surface area contributed by atoms with Crippen LogP contribution in [0.25, 0.3) is 0 Å². The van der Waals surface area contributed by atoms with Crippen molar-refractivity contribution in [1.82, 2.24) is 0 Å². The molecule has 3 N–H and O–H groups in total. The number of nitrogens with two attached hydrogens (primary N) is 1. The van der Waals surface area contributed by atoms with Crippen LogP contribution < -0.4 is 11.1 Å². The van der Waals surface area contributed by atoms with Gasteiger partial charge >= 0.3 is 5.97 Å². The summed E-state index contributed by atoms with van der Waals surface area (Å²) in [5.41, 5.74) is 7.41. The average Bonchev–Trinajstić information content (AvgIpc) is 2.87. The molecule has 1 atom stereocenters. The minimum atomic E-state index is -0.385. The van der Waals surface area contributed by atoms with Gasteiger partial charge in [0.15, 0.2) is 0 Å². The van der Waals surface area contributed by atoms with Crippen LogP contribution in [0.5, 0.6) is 0 Å². The molecule has 0 aliphatic heterocycles. The van der Waals surface area contributed by atoms with Crippen molar-refractivity contribution >= 4 is 40.3 Å². The molecule has 1 aromatic heterocycles. The van der Waals surface area contributed by atoms with E-state index in [9.17, 15) is 4.79 Å². The number of nitrogen functional groups attached to an aromatic ring is 1. The summed E-state index contributed by atoms with van der Waals surface area (Å²) in [4.78, 5) is 13.1. The number of ether oxygens (including phenoxy) is 1. The molecule has 0 aliphatic carbocycles. The number of benzene rings is 1. The SMILES string of the molecule is CCOC(=O)c1cc(N)ccc1NC(C)c1ccc(Cl)s1. The summed E-state index contributed by atoms with van der Waals surface area (Å²) in [5, 5.41) is 3.30. The zero-order chi connectivity index (χ0) is 15.4. The molecule has 0 spiro atoms. The van der Waals surface area contributed by atoms with E-state index in [1.807, 2.05) is 19.1 Å². The predicted molar refractivity (Wildman–Crippen MR) is 88.2 cm³/mol. The van der Waals surface area contributed by atoms with Crippen molar-refractivity contribution in [2.75, 3.05) is 17.7 Å². The van der Waals surface area contributed by atoms with E-state index in [4.69, 9.17) is 22.1 Å². The minimum absolute atomic E-state index is 0.0271. The zero-order valence-corrected chi connectivity index (χ0v) is 13.4. The van der Waals surface area contributed by atoms with E-state index < -0.39 is 0 Å². The predicted octanol–water partition coefficient (Wildman–Crippen LogP) is 4.33. The van der Waals surface area contributed by atoms with Crippen LogP contribution in [-0.2, 0) is 4.74 Å². The number of nitrogens with one attached hydrogen (secondary N) is 1. The normalized spacial score (nSPS) is 12.0. The molecule has 1 aromatic carbocycles. The second-order valence-corrected chi connectivity index (χ2v) is 6.28. The van der Waals surface area contributed by atoms with Gasteiger partial charge in [0.2, 0.25) is 0 Å². The van der Waals surface area contributed by atoms with E-state index in [2.05, 4.69) is 5.32 Å². The van der Waals surface area contributed by atoms with Crippen molar-refractivity contribution in [3.05, 3.63) is 45.1 Å². The molecule has 1 heterocycles. The molecular formula is C15H17ClN2O2S. The van der Waals surface area contributed by atoms with Gasteiger partial charge in [-0.2, -0.15) is 0 Å². The Bertz CT molecular complexity index is 642. The highest BCUT2D eigenvalue weighted by Gasteiger charge is 2.16. The third kappa shape index (κ3) is 3.89. The Labute approximate surface area is 132 Å². The van der Waals surface area contributed by atoms with Gasteiger partial charge in [-0.3, -0.25) is 0 Å². The number of anilines is 2. The van der Waals surface area contributed by atoms with Gasteiger partial charge in [-0.25, -0.2) is 4.79 Å². The van der Waals surface area contributed by atoms with E-state index in [0.717, 1.165) is 9.21 Å². The highest BCUT2D eigenvalue weighted by molar-refractivity contribution is 7.16. The number of carbonyl (C=O) groups excluding carboxylic acids is 1. The Kier molecular flexibility index (Phi) is 5.09. The first kappa shape index (κ1) is 15.7. The van der Waals surface area contributed by atoms with Crippen LogP contribution in [-0.4, -0.2) is 12.6 Å². The molecule has 0 bridgehead atoms. The average molecular weight is 325 g/mol. The van der Waals surface area contributed by atoms with Crippen molar-refractivity contribution in [3.8, 4) is 0 Å². The number of halogens is 1. The van der Waals surface area contributed by atoms with E-state index in [-0.39, 0.29) is 12.0 Å². The van der Waals surface area contributed by atoms with Crippen LogP contribution in [0.4, 0.5) is 11.4 Å². The first-order chi connectivity index (χ1) is 10.0. The zero-order valence-electron chi connectivity index (χ0n) is 11.9. The largest absolute Gasteiger partial charge is 0.462 e. The molecule has 1 unspecified atom stereocenters. The highest BCUT2D eigenvalue weighted by atomic mass is 35.5. The second kappa shape index (κ2) is 6.83. The first-order valence-corrected chi connectivity index (χ1v) is 7.79. The maximum atomic E-state index is 12.0. The maximum absolute atomic E-state index is 12.0. The van der Waals surface area contributed by atoms with Gasteiger partial charge in [0, 0.05) is 16.3 Å². The lowest BCUT2D eigenvalue weighted by Gasteiger charge is -2.17. The summed E-state index contributed by atoms with van der Waals surface area (Å²) in [6.07, 6.45) is 0. The number of carbonyl (C=O) groups is 1. The molecule has 0 amide bonds. The molecule has 2 rings (SSSR count). The molecule has 0 saturated heterocycles. The number of thiophene rings is 1. The molecule has 0 saturated carbocycles. The van der Waals surface area contributed by atoms with E-state index in [1.165, 1.54) is 11.3 Å². The molecule has 4 nitrogen and oxygen atoms in total. The lowest BCUT2D eigenvalue weighted by Crippen LogP contribution is -2.12. The molecule has 6 heteroatoms. The standard InChI is InChI=1S/C15H17ClN2O2S/c1-3-20-15(19)11-8-10(17)4-5-12(11)18-9(2)13-6-7-14(16)21-13/h4-9,18H,3,17H2,1-2H3. The van der Waals surface area contributed by atoms with E-state index in [0.29, 0.717) is 23.5 Å². The number of esters is 1. The van der Waals surface area contributed by atoms with E-state index in [1.54, 1.807) is 25.1 Å². The second-order valence-electron chi connectivity index (χ2n) is 4.53. The van der Waals surface area contributed by atoms with Crippen LogP contribution in [0.2, 0.25) is 4.34 Å². The van der Waals surface area contributed by atoms with Gasteiger partial charge in [0.1, 0.15) is 0 Å². The van der Waals surface area contributed by atoms with Crippen molar-refractivity contribution in [2.24, 2.45) is 0 Å². The monoisotopic (exact) mass is 324 g/mol. The Morgan fingerprint density at radius 1 is 1.43 bits per heavy atom. The Balaban J connectivity index is 2.24. The first-order valence-electron chi connectivity index (χ1n) is 6.59. The smallest absolute Gasteiger partial charge is 0.340 e. The fourth-order valence-corrected chi connectivity index (χ4v) is 2.99. The van der Waals surface area contributed by atoms with Gasteiger partial charge in [-0.15, -0.1) is 11.3 Å². The van der Waals surface area contributed by atoms with Gasteiger partial charge in [0.05, 0.1) is 22.5 Å². The van der Waals surface area contributed by atoms with Crippen LogP contribution in [0, 0.1) is 0 Å². The van der Waals surface area contributed by atoms with Crippen molar-refractivity contribution < 1.29 is 9.53 Å². The molecule has 0 aliphatic rings. The third-order valence-corrected chi connectivity index (χ3v) is 4.35. The number of hydrogen-bond donors (Lipinski definition) is 2. The minimum Gasteiger partial charge on any atom is -0.462 e. The summed E-state index contributed by atoms with van der Waals surface area (Å²) >= 11 is 7.46. The molecule has 21 heavy (non-hydrogen) atoms. The van der Waals surface area contributed by atoms with Crippen LogP contribution in [0.3, 0.4) is 0 Å². The highest BCUT2D eigenvalue weighted by Crippen LogP contribution is 2.30. The van der Waals surface area contributed by atoms with Crippen molar-refractivity contribution in [3.63, 3.8) is 0 Å². The van der Waals surface area contributed by atoms with Gasteiger partial charge < -0.3 is 15.8 Å². The summed E-state index contributed by atoms with van der Waals surface area (Å²) in [6, 6.07) is 9.00. The summed E-state index contributed by atoms with van der Waals surface area (Å²) < 4.78 is 5.80. The molecule has 0 fully saturated rings. The fraction of sp³-hybridized carbons (Fsp3) is 0.267. The molecule has 112 valence electrons. The Morgan fingerprint density at radius 2 is 2.19 bits per heavy atom. The Hall–Kier alpha value is -1.72.